The van der Waals surface area contributed by atoms with Gasteiger partial charge in [-0.2, -0.15) is 0 Å². The predicted molar refractivity (Wildman–Crippen MR) is 62.2 cm³/mol. The van der Waals surface area contributed by atoms with E-state index in [1.165, 1.54) is 0 Å². The maximum Gasteiger partial charge on any atom is 0.164 e. The van der Waals surface area contributed by atoms with Crippen molar-refractivity contribution in [3.05, 3.63) is 24.2 Å². The highest BCUT2D eigenvalue weighted by Crippen LogP contribution is 2.19. The lowest BCUT2D eigenvalue weighted by molar-refractivity contribution is 0.185. The Morgan fingerprint density at radius 2 is 2.47 bits per heavy atom. The van der Waals surface area contributed by atoms with Crippen LogP contribution in [0.3, 0.4) is 0 Å². The minimum absolute atomic E-state index is 0.574. The molecule has 5 nitrogen and oxygen atoms in total. The quantitative estimate of drug-likeness (QED) is 0.802. The van der Waals surface area contributed by atoms with Crippen molar-refractivity contribution in [1.29, 1.82) is 0 Å². The number of ether oxygens (including phenoxy) is 2. The van der Waals surface area contributed by atoms with Gasteiger partial charge < -0.3 is 9.47 Å². The van der Waals surface area contributed by atoms with Gasteiger partial charge in [-0.15, -0.1) is 10.2 Å². The van der Waals surface area contributed by atoms with Gasteiger partial charge in [0.1, 0.15) is 11.6 Å². The highest BCUT2D eigenvalue weighted by atomic mass is 16.5. The number of rotatable bonds is 3. The standard InChI is InChI=1S/C12H15N3O2/c1-16-10-2-4-15-11(13-14-12(15)7-10)6-9-3-5-17-8-9/h2,4,7,9H,3,5-6,8H2,1H3. The highest BCUT2D eigenvalue weighted by Gasteiger charge is 2.18. The summed E-state index contributed by atoms with van der Waals surface area (Å²) in [5.41, 5.74) is 0.832. The van der Waals surface area contributed by atoms with Crippen molar-refractivity contribution < 1.29 is 9.47 Å². The molecule has 0 bridgehead atoms. The van der Waals surface area contributed by atoms with E-state index in [-0.39, 0.29) is 0 Å². The predicted octanol–water partition coefficient (Wildman–Crippen LogP) is 1.32. The van der Waals surface area contributed by atoms with Crippen molar-refractivity contribution in [2.24, 2.45) is 5.92 Å². The summed E-state index contributed by atoms with van der Waals surface area (Å²) in [6, 6.07) is 3.81. The molecule has 90 valence electrons. The first-order chi connectivity index (χ1) is 8.36. The van der Waals surface area contributed by atoms with E-state index in [4.69, 9.17) is 9.47 Å². The topological polar surface area (TPSA) is 48.7 Å². The van der Waals surface area contributed by atoms with Crippen molar-refractivity contribution in [2.45, 2.75) is 12.8 Å². The van der Waals surface area contributed by atoms with Crippen molar-refractivity contribution in [3.8, 4) is 5.75 Å². The average Bonchev–Trinajstić information content (AvgIpc) is 2.99. The first-order valence-corrected chi connectivity index (χ1v) is 5.82. The Labute approximate surface area is 99.4 Å². The summed E-state index contributed by atoms with van der Waals surface area (Å²) in [5.74, 6) is 2.38. The van der Waals surface area contributed by atoms with E-state index in [9.17, 15) is 0 Å². The van der Waals surface area contributed by atoms with E-state index >= 15 is 0 Å². The summed E-state index contributed by atoms with van der Waals surface area (Å²) in [5, 5.41) is 8.40. The van der Waals surface area contributed by atoms with Crippen molar-refractivity contribution in [3.63, 3.8) is 0 Å². The SMILES string of the molecule is COc1ccn2c(CC3CCOC3)nnc2c1. The lowest BCUT2D eigenvalue weighted by Crippen LogP contribution is -2.07. The first-order valence-electron chi connectivity index (χ1n) is 5.82. The van der Waals surface area contributed by atoms with E-state index in [0.29, 0.717) is 5.92 Å². The molecule has 0 saturated carbocycles. The number of hydrogen-bond acceptors (Lipinski definition) is 4. The van der Waals surface area contributed by atoms with Crippen LogP contribution < -0.4 is 4.74 Å². The highest BCUT2D eigenvalue weighted by molar-refractivity contribution is 5.44. The normalized spacial score (nSPS) is 19.9. The molecule has 0 N–H and O–H groups in total. The summed E-state index contributed by atoms with van der Waals surface area (Å²) in [7, 11) is 1.65. The van der Waals surface area contributed by atoms with Gasteiger partial charge in [0.25, 0.3) is 0 Å². The Morgan fingerprint density at radius 1 is 1.53 bits per heavy atom. The Balaban J connectivity index is 1.89. The largest absolute Gasteiger partial charge is 0.497 e. The summed E-state index contributed by atoms with van der Waals surface area (Å²) < 4.78 is 12.6. The third-order valence-electron chi connectivity index (χ3n) is 3.18. The Bertz CT molecular complexity index is 517. The molecular weight excluding hydrogens is 218 g/mol. The van der Waals surface area contributed by atoms with E-state index in [1.54, 1.807) is 7.11 Å². The third kappa shape index (κ3) is 1.98. The van der Waals surface area contributed by atoms with Gasteiger partial charge in [0, 0.05) is 31.9 Å². The smallest absolute Gasteiger partial charge is 0.164 e. The molecule has 1 aliphatic heterocycles. The molecule has 17 heavy (non-hydrogen) atoms. The number of pyridine rings is 1. The molecule has 1 aliphatic rings. The van der Waals surface area contributed by atoms with Crippen LogP contribution in [0.2, 0.25) is 0 Å². The first kappa shape index (κ1) is 10.5. The lowest BCUT2D eigenvalue weighted by Gasteiger charge is -2.05. The van der Waals surface area contributed by atoms with Gasteiger partial charge in [-0.3, -0.25) is 4.40 Å². The minimum atomic E-state index is 0.574. The molecule has 5 heteroatoms. The zero-order valence-electron chi connectivity index (χ0n) is 9.80. The molecule has 0 radical (unpaired) electrons. The van der Waals surface area contributed by atoms with Gasteiger partial charge in [-0.1, -0.05) is 0 Å². The van der Waals surface area contributed by atoms with Gasteiger partial charge in [-0.25, -0.2) is 0 Å². The zero-order chi connectivity index (χ0) is 11.7. The monoisotopic (exact) mass is 233 g/mol. The summed E-state index contributed by atoms with van der Waals surface area (Å²) in [4.78, 5) is 0. The second kappa shape index (κ2) is 4.33. The van der Waals surface area contributed by atoms with Gasteiger partial charge in [0.05, 0.1) is 7.11 Å². The molecule has 2 aromatic rings. The number of methoxy groups -OCH3 is 1. The van der Waals surface area contributed by atoms with E-state index in [2.05, 4.69) is 10.2 Å². The fourth-order valence-electron chi connectivity index (χ4n) is 2.19. The van der Waals surface area contributed by atoms with Gasteiger partial charge in [-0.05, 0) is 18.4 Å². The fourth-order valence-corrected chi connectivity index (χ4v) is 2.19. The molecule has 1 saturated heterocycles. The number of fused-ring (bicyclic) bond motifs is 1. The average molecular weight is 233 g/mol. The van der Waals surface area contributed by atoms with Crippen molar-refractivity contribution in [2.75, 3.05) is 20.3 Å². The summed E-state index contributed by atoms with van der Waals surface area (Å²) in [6.07, 6.45) is 4.00. The maximum absolute atomic E-state index is 5.38. The molecule has 3 heterocycles. The van der Waals surface area contributed by atoms with Crippen LogP contribution in [0, 0.1) is 5.92 Å². The fraction of sp³-hybridized carbons (Fsp3) is 0.500. The van der Waals surface area contributed by atoms with Gasteiger partial charge in [0.2, 0.25) is 0 Å². The van der Waals surface area contributed by atoms with E-state index in [0.717, 1.165) is 43.3 Å². The molecule has 0 aliphatic carbocycles. The number of nitrogens with zero attached hydrogens (tertiary/aromatic N) is 3. The maximum atomic E-state index is 5.38. The second-order valence-corrected chi connectivity index (χ2v) is 4.34. The third-order valence-corrected chi connectivity index (χ3v) is 3.18. The lowest BCUT2D eigenvalue weighted by atomic mass is 10.1. The van der Waals surface area contributed by atoms with Crippen LogP contribution >= 0.6 is 0 Å². The van der Waals surface area contributed by atoms with E-state index in [1.807, 2.05) is 22.7 Å². The summed E-state index contributed by atoms with van der Waals surface area (Å²) in [6.45, 7) is 1.71. The van der Waals surface area contributed by atoms with Gasteiger partial charge >= 0.3 is 0 Å². The number of aromatic nitrogens is 3. The van der Waals surface area contributed by atoms with Crippen molar-refractivity contribution in [1.82, 2.24) is 14.6 Å². The van der Waals surface area contributed by atoms with Crippen molar-refractivity contribution >= 4 is 5.65 Å². The summed E-state index contributed by atoms with van der Waals surface area (Å²) >= 11 is 0. The van der Waals surface area contributed by atoms with Crippen LogP contribution in [-0.4, -0.2) is 34.9 Å². The Kier molecular flexibility index (Phi) is 2.68. The van der Waals surface area contributed by atoms with Crippen LogP contribution in [0.1, 0.15) is 12.2 Å². The van der Waals surface area contributed by atoms with Crippen LogP contribution in [0.25, 0.3) is 5.65 Å². The van der Waals surface area contributed by atoms with Crippen LogP contribution in [0.15, 0.2) is 18.3 Å². The molecule has 1 fully saturated rings. The molecular formula is C12H15N3O2. The zero-order valence-corrected chi connectivity index (χ0v) is 9.80. The van der Waals surface area contributed by atoms with E-state index < -0.39 is 0 Å². The minimum Gasteiger partial charge on any atom is -0.497 e. The molecule has 1 unspecified atom stereocenters. The van der Waals surface area contributed by atoms with Crippen LogP contribution in [0.5, 0.6) is 5.75 Å². The van der Waals surface area contributed by atoms with Crippen LogP contribution in [-0.2, 0) is 11.2 Å². The molecule has 1 atom stereocenters. The molecule has 3 rings (SSSR count). The number of hydrogen-bond donors (Lipinski definition) is 0. The molecule has 0 spiro atoms. The molecule has 0 amide bonds. The molecule has 2 aromatic heterocycles. The second-order valence-electron chi connectivity index (χ2n) is 4.34. The Morgan fingerprint density at radius 3 is 3.24 bits per heavy atom. The van der Waals surface area contributed by atoms with Crippen LogP contribution in [0.4, 0.5) is 0 Å². The van der Waals surface area contributed by atoms with Gasteiger partial charge in [0.15, 0.2) is 5.65 Å². The molecule has 0 aromatic carbocycles. The Hall–Kier alpha value is -1.62.